The number of nitrogens with one attached hydrogen (secondary N) is 2. The highest BCUT2D eigenvalue weighted by atomic mass is 127. The van der Waals surface area contributed by atoms with E-state index in [0.29, 0.717) is 32.1 Å². The van der Waals surface area contributed by atoms with Gasteiger partial charge in [0, 0.05) is 64.6 Å². The van der Waals surface area contributed by atoms with Gasteiger partial charge in [0.15, 0.2) is 5.96 Å². The van der Waals surface area contributed by atoms with Gasteiger partial charge >= 0.3 is 0 Å². The Morgan fingerprint density at radius 2 is 1.82 bits per heavy atom. The topological polar surface area (TPSA) is 85.8 Å². The predicted octanol–water partition coefficient (Wildman–Crippen LogP) is 1.63. The van der Waals surface area contributed by atoms with Crippen molar-refractivity contribution in [2.75, 3.05) is 44.7 Å². The van der Waals surface area contributed by atoms with Gasteiger partial charge < -0.3 is 20.4 Å². The van der Waals surface area contributed by atoms with Crippen molar-refractivity contribution in [3.63, 3.8) is 0 Å². The number of piperazine rings is 1. The average molecular weight is 501 g/mol. The van der Waals surface area contributed by atoms with Gasteiger partial charge in [-0.1, -0.05) is 19.3 Å². The molecule has 0 spiro atoms. The summed E-state index contributed by atoms with van der Waals surface area (Å²) in [5.41, 5.74) is 0. The van der Waals surface area contributed by atoms with Crippen molar-refractivity contribution in [1.82, 2.24) is 25.5 Å². The molecule has 0 aromatic carbocycles. The van der Waals surface area contributed by atoms with Crippen LogP contribution in [0.4, 0.5) is 5.95 Å². The van der Waals surface area contributed by atoms with Crippen LogP contribution >= 0.6 is 24.0 Å². The maximum atomic E-state index is 12.5. The van der Waals surface area contributed by atoms with Crippen molar-refractivity contribution < 1.29 is 4.79 Å². The second kappa shape index (κ2) is 12.0. The monoisotopic (exact) mass is 501 g/mol. The summed E-state index contributed by atoms with van der Waals surface area (Å²) >= 11 is 0. The zero-order chi connectivity index (χ0) is 18.9. The molecule has 1 aliphatic heterocycles. The molecule has 2 heterocycles. The molecule has 1 saturated heterocycles. The molecule has 1 aromatic rings. The molecule has 3 rings (SSSR count). The molecule has 2 fully saturated rings. The normalized spacial score (nSPS) is 18.4. The molecule has 2 N–H and O–H groups in total. The first-order chi connectivity index (χ1) is 13.3. The predicted molar refractivity (Wildman–Crippen MR) is 122 cm³/mol. The highest BCUT2D eigenvalue weighted by molar-refractivity contribution is 14.0. The van der Waals surface area contributed by atoms with Crippen LogP contribution in [0.25, 0.3) is 0 Å². The Labute approximate surface area is 184 Å². The number of hydrogen-bond acceptors (Lipinski definition) is 5. The second-order valence-electron chi connectivity index (χ2n) is 7.14. The standard InChI is InChI=1S/C19H31N7O.HI/c1-20-18(24-16-6-3-2-4-7-16)21-11-8-17(27)25-12-14-26(15-13-25)19-22-9-5-10-23-19;/h5,9-10,16H,2-4,6-8,11-15H2,1H3,(H2,20,21,24);1H. The number of anilines is 1. The molecule has 1 aliphatic carbocycles. The maximum Gasteiger partial charge on any atom is 0.225 e. The Balaban J connectivity index is 0.00000280. The third kappa shape index (κ3) is 6.75. The van der Waals surface area contributed by atoms with E-state index in [1.165, 1.54) is 32.1 Å². The number of hydrogen-bond donors (Lipinski definition) is 2. The summed E-state index contributed by atoms with van der Waals surface area (Å²) in [5.74, 6) is 1.73. The van der Waals surface area contributed by atoms with E-state index in [9.17, 15) is 4.79 Å². The van der Waals surface area contributed by atoms with Crippen LogP contribution in [0.15, 0.2) is 23.5 Å². The molecule has 0 bridgehead atoms. The van der Waals surface area contributed by atoms with Crippen molar-refractivity contribution in [2.24, 2.45) is 4.99 Å². The van der Waals surface area contributed by atoms with Gasteiger partial charge in [0.25, 0.3) is 0 Å². The molecule has 2 aliphatic rings. The van der Waals surface area contributed by atoms with Gasteiger partial charge in [-0.2, -0.15) is 0 Å². The third-order valence-corrected chi connectivity index (χ3v) is 5.27. The van der Waals surface area contributed by atoms with Gasteiger partial charge in [0.2, 0.25) is 11.9 Å². The highest BCUT2D eigenvalue weighted by Gasteiger charge is 2.22. The largest absolute Gasteiger partial charge is 0.356 e. The Kier molecular flexibility index (Phi) is 9.72. The third-order valence-electron chi connectivity index (χ3n) is 5.27. The lowest BCUT2D eigenvalue weighted by Gasteiger charge is -2.34. The first-order valence-electron chi connectivity index (χ1n) is 10.0. The van der Waals surface area contributed by atoms with Crippen LogP contribution in [-0.4, -0.2) is 72.5 Å². The van der Waals surface area contributed by atoms with Crippen molar-refractivity contribution in [3.05, 3.63) is 18.5 Å². The van der Waals surface area contributed by atoms with E-state index >= 15 is 0 Å². The van der Waals surface area contributed by atoms with Gasteiger partial charge in [-0.25, -0.2) is 9.97 Å². The van der Waals surface area contributed by atoms with Crippen LogP contribution in [0.5, 0.6) is 0 Å². The molecule has 9 heteroatoms. The quantitative estimate of drug-likeness (QED) is 0.363. The SMILES string of the molecule is CN=C(NCCC(=O)N1CCN(c2ncccn2)CC1)NC1CCCCC1.I. The number of aromatic nitrogens is 2. The van der Waals surface area contributed by atoms with Crippen LogP contribution < -0.4 is 15.5 Å². The summed E-state index contributed by atoms with van der Waals surface area (Å²) < 4.78 is 0. The van der Waals surface area contributed by atoms with Crippen LogP contribution in [0.1, 0.15) is 38.5 Å². The molecule has 1 aromatic heterocycles. The molecular formula is C19H32IN7O. The molecule has 8 nitrogen and oxygen atoms in total. The molecule has 0 unspecified atom stereocenters. The molecule has 1 saturated carbocycles. The molecule has 0 radical (unpaired) electrons. The van der Waals surface area contributed by atoms with Crippen LogP contribution in [0.3, 0.4) is 0 Å². The van der Waals surface area contributed by atoms with Gasteiger partial charge in [-0.3, -0.25) is 9.79 Å². The highest BCUT2D eigenvalue weighted by Crippen LogP contribution is 2.17. The fourth-order valence-electron chi connectivity index (χ4n) is 3.69. The summed E-state index contributed by atoms with van der Waals surface area (Å²) in [6.45, 7) is 3.58. The van der Waals surface area contributed by atoms with E-state index in [0.717, 1.165) is 25.0 Å². The average Bonchev–Trinajstić information content (AvgIpc) is 2.74. The fourth-order valence-corrected chi connectivity index (χ4v) is 3.69. The molecule has 0 atom stereocenters. The van der Waals surface area contributed by atoms with Crippen molar-refractivity contribution in [2.45, 2.75) is 44.6 Å². The number of aliphatic imine (C=N–C) groups is 1. The lowest BCUT2D eigenvalue weighted by atomic mass is 9.96. The minimum absolute atomic E-state index is 0. The summed E-state index contributed by atoms with van der Waals surface area (Å²) in [4.78, 5) is 29.4. The Morgan fingerprint density at radius 3 is 2.46 bits per heavy atom. The minimum atomic E-state index is 0. The Morgan fingerprint density at radius 1 is 1.14 bits per heavy atom. The first kappa shape index (κ1) is 22.6. The number of carbonyl (C=O) groups excluding carboxylic acids is 1. The van der Waals surface area contributed by atoms with Crippen molar-refractivity contribution in [3.8, 4) is 0 Å². The van der Waals surface area contributed by atoms with Gasteiger partial charge in [0.1, 0.15) is 0 Å². The number of nitrogens with zero attached hydrogens (tertiary/aromatic N) is 5. The molecule has 1 amide bonds. The van der Waals surface area contributed by atoms with Crippen LogP contribution in [0.2, 0.25) is 0 Å². The van der Waals surface area contributed by atoms with E-state index in [4.69, 9.17) is 0 Å². The number of amides is 1. The lowest BCUT2D eigenvalue weighted by Crippen LogP contribution is -2.50. The number of carbonyl (C=O) groups is 1. The van der Waals surface area contributed by atoms with Gasteiger partial charge in [-0.15, -0.1) is 24.0 Å². The number of guanidine groups is 1. The molecular weight excluding hydrogens is 469 g/mol. The first-order valence-corrected chi connectivity index (χ1v) is 10.0. The van der Waals surface area contributed by atoms with Crippen molar-refractivity contribution >= 4 is 41.8 Å². The Hall–Kier alpha value is -1.65. The van der Waals surface area contributed by atoms with E-state index in [2.05, 4.69) is 30.5 Å². The summed E-state index contributed by atoms with van der Waals surface area (Å²) in [5, 5.41) is 6.76. The summed E-state index contributed by atoms with van der Waals surface area (Å²) in [6, 6.07) is 2.32. The maximum absolute atomic E-state index is 12.5. The molecule has 156 valence electrons. The second-order valence-corrected chi connectivity index (χ2v) is 7.14. The van der Waals surface area contributed by atoms with E-state index in [-0.39, 0.29) is 29.9 Å². The van der Waals surface area contributed by atoms with E-state index in [1.807, 2.05) is 11.0 Å². The molecule has 28 heavy (non-hydrogen) atoms. The van der Waals surface area contributed by atoms with Crippen LogP contribution in [-0.2, 0) is 4.79 Å². The fraction of sp³-hybridized carbons (Fsp3) is 0.684. The van der Waals surface area contributed by atoms with Gasteiger partial charge in [0.05, 0.1) is 0 Å². The van der Waals surface area contributed by atoms with E-state index < -0.39 is 0 Å². The summed E-state index contributed by atoms with van der Waals surface area (Å²) in [7, 11) is 1.78. The van der Waals surface area contributed by atoms with E-state index in [1.54, 1.807) is 19.4 Å². The number of halogens is 1. The van der Waals surface area contributed by atoms with Gasteiger partial charge in [-0.05, 0) is 18.9 Å². The smallest absolute Gasteiger partial charge is 0.225 e. The zero-order valence-corrected chi connectivity index (χ0v) is 19.0. The van der Waals surface area contributed by atoms with Crippen LogP contribution in [0, 0.1) is 0 Å². The lowest BCUT2D eigenvalue weighted by molar-refractivity contribution is -0.131. The minimum Gasteiger partial charge on any atom is -0.356 e. The van der Waals surface area contributed by atoms with Crippen molar-refractivity contribution in [1.29, 1.82) is 0 Å². The number of rotatable bonds is 5. The zero-order valence-electron chi connectivity index (χ0n) is 16.6. The summed E-state index contributed by atoms with van der Waals surface area (Å²) in [6.07, 6.45) is 10.3. The Bertz CT molecular complexity index is 614.